The van der Waals surface area contributed by atoms with E-state index in [1.807, 2.05) is 42.5 Å². The summed E-state index contributed by atoms with van der Waals surface area (Å²) in [6.07, 6.45) is -0.803. The molecule has 2 aromatic carbocycles. The van der Waals surface area contributed by atoms with Gasteiger partial charge in [-0.05, 0) is 36.1 Å². The molecule has 9 heteroatoms. The number of urea groups is 1. The molecule has 0 bridgehead atoms. The number of alkyl halides is 3. The molecule has 0 saturated carbocycles. The van der Waals surface area contributed by atoms with Gasteiger partial charge in [-0.3, -0.25) is 0 Å². The van der Waals surface area contributed by atoms with Crippen LogP contribution in [-0.2, 0) is 6.54 Å². The Bertz CT molecular complexity index is 1140. The van der Waals surface area contributed by atoms with Crippen LogP contribution in [0, 0.1) is 5.92 Å². The molecule has 3 heterocycles. The Morgan fingerprint density at radius 3 is 2.35 bits per heavy atom. The number of amides is 2. The average Bonchev–Trinajstić information content (AvgIpc) is 3.30. The summed E-state index contributed by atoms with van der Waals surface area (Å²) in [5, 5.41) is 0. The molecule has 2 aliphatic rings. The van der Waals surface area contributed by atoms with Crippen LogP contribution in [0.15, 0.2) is 54.9 Å². The Kier molecular flexibility index (Phi) is 5.93. The van der Waals surface area contributed by atoms with E-state index in [2.05, 4.69) is 9.97 Å². The first-order chi connectivity index (χ1) is 16.4. The Morgan fingerprint density at radius 1 is 0.971 bits per heavy atom. The van der Waals surface area contributed by atoms with Crippen molar-refractivity contribution in [3.05, 3.63) is 60.4 Å². The van der Waals surface area contributed by atoms with Crippen molar-refractivity contribution in [2.75, 3.05) is 26.2 Å². The number of hydrogen-bond acceptors (Lipinski definition) is 3. The van der Waals surface area contributed by atoms with Gasteiger partial charge in [0.1, 0.15) is 18.2 Å². The predicted octanol–water partition coefficient (Wildman–Crippen LogP) is 5.33. The molecule has 0 aliphatic carbocycles. The van der Waals surface area contributed by atoms with Crippen LogP contribution >= 0.6 is 0 Å². The van der Waals surface area contributed by atoms with Crippen molar-refractivity contribution in [2.24, 2.45) is 5.92 Å². The Labute approximate surface area is 195 Å². The second-order valence-electron chi connectivity index (χ2n) is 8.69. The van der Waals surface area contributed by atoms with Crippen LogP contribution in [0.1, 0.15) is 18.4 Å². The number of H-pyrrole nitrogens is 1. The molecule has 1 saturated heterocycles. The lowest BCUT2D eigenvalue weighted by molar-refractivity contribution is -0.183. The molecule has 6 nitrogen and oxygen atoms in total. The van der Waals surface area contributed by atoms with Crippen molar-refractivity contribution in [3.63, 3.8) is 0 Å². The fourth-order valence-corrected chi connectivity index (χ4v) is 4.58. The van der Waals surface area contributed by atoms with Crippen LogP contribution in [0.5, 0.6) is 5.75 Å². The number of imidazole rings is 1. The molecule has 3 aromatic rings. The predicted molar refractivity (Wildman–Crippen MR) is 121 cm³/mol. The summed E-state index contributed by atoms with van der Waals surface area (Å²) in [7, 11) is 0. The molecule has 1 fully saturated rings. The van der Waals surface area contributed by atoms with Crippen molar-refractivity contribution in [1.82, 2.24) is 19.8 Å². The minimum atomic E-state index is -4.20. The highest BCUT2D eigenvalue weighted by Crippen LogP contribution is 2.35. The first kappa shape index (κ1) is 22.3. The fraction of sp³-hybridized carbons (Fsp3) is 0.360. The number of fused-ring (bicyclic) bond motifs is 1. The Balaban J connectivity index is 1.30. The number of piperidine rings is 1. The maximum Gasteiger partial charge on any atom is 0.391 e. The third kappa shape index (κ3) is 4.60. The summed E-state index contributed by atoms with van der Waals surface area (Å²) in [6, 6.07) is 13.7. The van der Waals surface area contributed by atoms with Gasteiger partial charge in [0.25, 0.3) is 0 Å². The Morgan fingerprint density at radius 2 is 1.68 bits per heavy atom. The molecule has 2 aliphatic heterocycles. The van der Waals surface area contributed by atoms with Gasteiger partial charge in [-0.15, -0.1) is 0 Å². The lowest BCUT2D eigenvalue weighted by Gasteiger charge is -2.35. The van der Waals surface area contributed by atoms with Gasteiger partial charge in [-0.1, -0.05) is 30.3 Å². The molecule has 0 atom stereocenters. The van der Waals surface area contributed by atoms with E-state index in [1.165, 1.54) is 4.90 Å². The van der Waals surface area contributed by atoms with Gasteiger partial charge in [0.15, 0.2) is 0 Å². The first-order valence-corrected chi connectivity index (χ1v) is 11.3. The van der Waals surface area contributed by atoms with Gasteiger partial charge in [-0.2, -0.15) is 13.2 Å². The number of hydrogen-bond donors (Lipinski definition) is 1. The second-order valence-corrected chi connectivity index (χ2v) is 8.69. The van der Waals surface area contributed by atoms with Gasteiger partial charge < -0.3 is 19.5 Å². The molecule has 178 valence electrons. The normalized spacial score (nSPS) is 17.1. The number of rotatable bonds is 2. The van der Waals surface area contributed by atoms with Gasteiger partial charge >= 0.3 is 12.2 Å². The van der Waals surface area contributed by atoms with Crippen LogP contribution in [0.3, 0.4) is 0 Å². The standard InChI is InChI=1S/C25H25F3N4O2/c26-25(27,28)21-7-11-31(12-8-21)24(33)32-13-14-34-22-6-5-19(15-20(22)16-32)17-1-3-18(4-2-17)23-29-9-10-30-23/h1-6,9-10,15,21H,7-8,11-14,16H2,(H,29,30). The Hall–Kier alpha value is -3.49. The van der Waals surface area contributed by atoms with Crippen LogP contribution in [0.4, 0.5) is 18.0 Å². The van der Waals surface area contributed by atoms with Crippen molar-refractivity contribution >= 4 is 6.03 Å². The number of carbonyl (C=O) groups is 1. The van der Waals surface area contributed by atoms with Crippen molar-refractivity contribution in [3.8, 4) is 28.3 Å². The van der Waals surface area contributed by atoms with Crippen LogP contribution in [0.2, 0.25) is 0 Å². The smallest absolute Gasteiger partial charge is 0.391 e. The average molecular weight is 470 g/mol. The monoisotopic (exact) mass is 470 g/mol. The van der Waals surface area contributed by atoms with E-state index in [4.69, 9.17) is 4.74 Å². The zero-order chi connectivity index (χ0) is 23.7. The summed E-state index contributed by atoms with van der Waals surface area (Å²) in [5.41, 5.74) is 3.88. The van der Waals surface area contributed by atoms with Crippen LogP contribution < -0.4 is 4.74 Å². The van der Waals surface area contributed by atoms with E-state index in [0.717, 1.165) is 33.8 Å². The molecule has 1 aromatic heterocycles. The SMILES string of the molecule is O=C(N1CCC(C(F)(F)F)CC1)N1CCOc2ccc(-c3ccc(-c4ncc[nH]4)cc3)cc2C1. The number of benzene rings is 2. The number of halogens is 3. The van der Waals surface area contributed by atoms with Gasteiger partial charge in [0, 0.05) is 36.6 Å². The quantitative estimate of drug-likeness (QED) is 0.551. The lowest BCUT2D eigenvalue weighted by atomic mass is 9.96. The number of aromatic amines is 1. The summed E-state index contributed by atoms with van der Waals surface area (Å²) < 4.78 is 44.8. The van der Waals surface area contributed by atoms with E-state index >= 15 is 0 Å². The lowest BCUT2D eigenvalue weighted by Crippen LogP contribution is -2.48. The highest BCUT2D eigenvalue weighted by molar-refractivity contribution is 5.75. The molecule has 34 heavy (non-hydrogen) atoms. The van der Waals surface area contributed by atoms with E-state index in [-0.39, 0.29) is 32.0 Å². The molecule has 5 rings (SSSR count). The molecule has 0 radical (unpaired) electrons. The number of nitrogens with zero attached hydrogens (tertiary/aromatic N) is 3. The summed E-state index contributed by atoms with van der Waals surface area (Å²) >= 11 is 0. The summed E-state index contributed by atoms with van der Waals surface area (Å²) in [5.74, 6) is 0.198. The zero-order valence-electron chi connectivity index (χ0n) is 18.5. The minimum absolute atomic E-state index is 0.0473. The fourth-order valence-electron chi connectivity index (χ4n) is 4.58. The topological polar surface area (TPSA) is 61.5 Å². The largest absolute Gasteiger partial charge is 0.491 e. The third-order valence-electron chi connectivity index (χ3n) is 6.53. The van der Waals surface area contributed by atoms with E-state index in [0.29, 0.717) is 19.7 Å². The van der Waals surface area contributed by atoms with Crippen LogP contribution in [0.25, 0.3) is 22.5 Å². The van der Waals surface area contributed by atoms with E-state index < -0.39 is 12.1 Å². The number of ether oxygens (including phenoxy) is 1. The molecule has 1 N–H and O–H groups in total. The van der Waals surface area contributed by atoms with Crippen molar-refractivity contribution < 1.29 is 22.7 Å². The maximum atomic E-state index is 13.1. The second kappa shape index (κ2) is 9.04. The van der Waals surface area contributed by atoms with Crippen molar-refractivity contribution in [2.45, 2.75) is 25.6 Å². The molecular weight excluding hydrogens is 445 g/mol. The van der Waals surface area contributed by atoms with Crippen molar-refractivity contribution in [1.29, 1.82) is 0 Å². The summed E-state index contributed by atoms with van der Waals surface area (Å²) in [4.78, 5) is 23.6. The highest BCUT2D eigenvalue weighted by atomic mass is 19.4. The van der Waals surface area contributed by atoms with Gasteiger partial charge in [-0.25, -0.2) is 9.78 Å². The zero-order valence-corrected chi connectivity index (χ0v) is 18.5. The van der Waals surface area contributed by atoms with Crippen LogP contribution in [-0.4, -0.2) is 58.2 Å². The highest BCUT2D eigenvalue weighted by Gasteiger charge is 2.42. The minimum Gasteiger partial charge on any atom is -0.491 e. The molecule has 2 amide bonds. The molecule has 0 unspecified atom stereocenters. The third-order valence-corrected chi connectivity index (χ3v) is 6.53. The summed E-state index contributed by atoms with van der Waals surface area (Å²) in [6.45, 7) is 1.32. The number of aromatic nitrogens is 2. The molecule has 0 spiro atoms. The number of likely N-dealkylation sites (tertiary alicyclic amines) is 1. The van der Waals surface area contributed by atoms with Gasteiger partial charge in [0.2, 0.25) is 0 Å². The number of nitrogens with one attached hydrogen (secondary N) is 1. The van der Waals surface area contributed by atoms with E-state index in [1.54, 1.807) is 17.3 Å². The first-order valence-electron chi connectivity index (χ1n) is 11.3. The van der Waals surface area contributed by atoms with E-state index in [9.17, 15) is 18.0 Å². The maximum absolute atomic E-state index is 13.1. The van der Waals surface area contributed by atoms with Gasteiger partial charge in [0.05, 0.1) is 19.0 Å². The number of carbonyl (C=O) groups excluding carboxylic acids is 1. The molecular formula is C25H25F3N4O2.